The molecule has 88 valence electrons. The maximum absolute atomic E-state index is 11.9. The monoisotopic (exact) mass is 222 g/mol. The number of hydrogen-bond acceptors (Lipinski definition) is 3. The first kappa shape index (κ1) is 11.1. The maximum Gasteiger partial charge on any atom is 0.254 e. The number of rotatable bonds is 2. The Hall–Kier alpha value is -1.36. The van der Waals surface area contributed by atoms with Crippen molar-refractivity contribution in [1.82, 2.24) is 20.4 Å². The summed E-state index contributed by atoms with van der Waals surface area (Å²) in [4.78, 5) is 11.9. The van der Waals surface area contributed by atoms with Gasteiger partial charge in [-0.3, -0.25) is 9.48 Å². The van der Waals surface area contributed by atoms with Crippen LogP contribution in [0.5, 0.6) is 0 Å². The van der Waals surface area contributed by atoms with Crippen LogP contribution in [0.4, 0.5) is 0 Å². The van der Waals surface area contributed by atoms with E-state index in [9.17, 15) is 4.79 Å². The van der Waals surface area contributed by atoms with Gasteiger partial charge < -0.3 is 10.6 Å². The molecule has 0 bridgehead atoms. The molecule has 0 radical (unpaired) electrons. The quantitative estimate of drug-likeness (QED) is 0.756. The third kappa shape index (κ3) is 2.41. The van der Waals surface area contributed by atoms with Crippen LogP contribution in [0.25, 0.3) is 0 Å². The Morgan fingerprint density at radius 2 is 2.25 bits per heavy atom. The molecule has 0 aliphatic carbocycles. The smallest absolute Gasteiger partial charge is 0.254 e. The first-order valence-electron chi connectivity index (χ1n) is 5.61. The molecule has 5 nitrogen and oxygen atoms in total. The van der Waals surface area contributed by atoms with E-state index in [-0.39, 0.29) is 11.4 Å². The van der Waals surface area contributed by atoms with E-state index in [1.54, 1.807) is 17.1 Å². The zero-order valence-electron chi connectivity index (χ0n) is 9.79. The van der Waals surface area contributed by atoms with Crippen molar-refractivity contribution < 1.29 is 4.79 Å². The van der Waals surface area contributed by atoms with Crippen molar-refractivity contribution >= 4 is 5.91 Å². The lowest BCUT2D eigenvalue weighted by atomic mass is 9.90. The van der Waals surface area contributed by atoms with Crippen LogP contribution in [0.1, 0.15) is 30.1 Å². The van der Waals surface area contributed by atoms with Gasteiger partial charge in [-0.1, -0.05) is 0 Å². The Morgan fingerprint density at radius 3 is 2.81 bits per heavy atom. The van der Waals surface area contributed by atoms with Crippen LogP contribution in [0.2, 0.25) is 0 Å². The molecule has 2 heterocycles. The summed E-state index contributed by atoms with van der Waals surface area (Å²) < 4.78 is 1.64. The second-order valence-electron chi connectivity index (χ2n) is 4.67. The Bertz CT molecular complexity index is 379. The zero-order chi connectivity index (χ0) is 11.6. The van der Waals surface area contributed by atoms with Crippen LogP contribution < -0.4 is 10.6 Å². The molecular formula is C11H18N4O. The number of aryl methyl sites for hydroxylation is 1. The predicted octanol–water partition coefficient (Wildman–Crippen LogP) is 0.292. The topological polar surface area (TPSA) is 59.0 Å². The molecule has 0 atom stereocenters. The summed E-state index contributed by atoms with van der Waals surface area (Å²) in [6, 6.07) is 0. The van der Waals surface area contributed by atoms with E-state index in [1.807, 2.05) is 7.05 Å². The maximum atomic E-state index is 11.9. The van der Waals surface area contributed by atoms with Gasteiger partial charge in [0.25, 0.3) is 5.91 Å². The zero-order valence-corrected chi connectivity index (χ0v) is 9.79. The van der Waals surface area contributed by atoms with E-state index in [0.717, 1.165) is 25.9 Å². The molecule has 0 unspecified atom stereocenters. The minimum atomic E-state index is -0.0851. The Kier molecular flexibility index (Phi) is 2.96. The molecular weight excluding hydrogens is 204 g/mol. The lowest BCUT2D eigenvalue weighted by Gasteiger charge is -2.34. The summed E-state index contributed by atoms with van der Waals surface area (Å²) in [6.45, 7) is 4.02. The van der Waals surface area contributed by atoms with Gasteiger partial charge in [0.1, 0.15) is 0 Å². The highest BCUT2D eigenvalue weighted by molar-refractivity contribution is 5.94. The molecule has 5 heteroatoms. The summed E-state index contributed by atoms with van der Waals surface area (Å²) in [5, 5.41) is 10.4. The first-order chi connectivity index (χ1) is 7.59. The van der Waals surface area contributed by atoms with E-state index >= 15 is 0 Å². The van der Waals surface area contributed by atoms with Crippen molar-refractivity contribution in [2.24, 2.45) is 7.05 Å². The molecule has 1 saturated heterocycles. The third-order valence-corrected chi connectivity index (χ3v) is 3.09. The van der Waals surface area contributed by atoms with Crippen LogP contribution in [-0.4, -0.2) is 34.3 Å². The van der Waals surface area contributed by atoms with Crippen molar-refractivity contribution in [3.05, 3.63) is 18.0 Å². The van der Waals surface area contributed by atoms with E-state index in [0.29, 0.717) is 5.56 Å². The molecule has 0 spiro atoms. The van der Waals surface area contributed by atoms with Gasteiger partial charge in [-0.2, -0.15) is 5.10 Å². The normalized spacial score (nSPS) is 19.4. The second-order valence-corrected chi connectivity index (χ2v) is 4.67. The largest absolute Gasteiger partial charge is 0.347 e. The number of nitrogens with zero attached hydrogens (tertiary/aromatic N) is 2. The third-order valence-electron chi connectivity index (χ3n) is 3.09. The van der Waals surface area contributed by atoms with Crippen molar-refractivity contribution in [2.45, 2.75) is 25.3 Å². The Labute approximate surface area is 95.2 Å². The minimum absolute atomic E-state index is 0.0301. The first-order valence-corrected chi connectivity index (χ1v) is 5.61. The van der Waals surface area contributed by atoms with Crippen LogP contribution in [0.15, 0.2) is 12.4 Å². The summed E-state index contributed by atoms with van der Waals surface area (Å²) in [5.41, 5.74) is 0.542. The highest BCUT2D eigenvalue weighted by Gasteiger charge is 2.28. The molecule has 1 aromatic rings. The van der Waals surface area contributed by atoms with Gasteiger partial charge in [0.15, 0.2) is 0 Å². The average molecular weight is 222 g/mol. The highest BCUT2D eigenvalue weighted by atomic mass is 16.1. The number of hydrogen-bond donors (Lipinski definition) is 2. The summed E-state index contributed by atoms with van der Waals surface area (Å²) in [7, 11) is 1.81. The van der Waals surface area contributed by atoms with E-state index in [4.69, 9.17) is 0 Å². The average Bonchev–Trinajstić information content (AvgIpc) is 2.65. The van der Waals surface area contributed by atoms with Gasteiger partial charge in [0.2, 0.25) is 0 Å². The summed E-state index contributed by atoms with van der Waals surface area (Å²) >= 11 is 0. The van der Waals surface area contributed by atoms with Gasteiger partial charge in [0.05, 0.1) is 11.8 Å². The fraction of sp³-hybridized carbons (Fsp3) is 0.636. The predicted molar refractivity (Wildman–Crippen MR) is 61.2 cm³/mol. The van der Waals surface area contributed by atoms with Gasteiger partial charge in [-0.05, 0) is 32.9 Å². The number of carbonyl (C=O) groups excluding carboxylic acids is 1. The van der Waals surface area contributed by atoms with E-state index in [1.165, 1.54) is 0 Å². The van der Waals surface area contributed by atoms with Crippen LogP contribution >= 0.6 is 0 Å². The lowest BCUT2D eigenvalue weighted by Crippen LogP contribution is -2.52. The summed E-state index contributed by atoms with van der Waals surface area (Å²) in [5.74, 6) is -0.0301. The Balaban J connectivity index is 2.01. The molecule has 0 saturated carbocycles. The summed E-state index contributed by atoms with van der Waals surface area (Å²) in [6.07, 6.45) is 5.28. The molecule has 1 fully saturated rings. The number of amides is 1. The van der Waals surface area contributed by atoms with Crippen molar-refractivity contribution in [3.8, 4) is 0 Å². The standard InChI is InChI=1S/C11H18N4O/c1-11(3-5-12-6-4-11)14-10(16)9-7-13-15(2)8-9/h7-8,12H,3-6H2,1-2H3,(H,14,16). The molecule has 16 heavy (non-hydrogen) atoms. The SMILES string of the molecule is Cn1cc(C(=O)NC2(C)CCNCC2)cn1. The number of carbonyl (C=O) groups is 1. The highest BCUT2D eigenvalue weighted by Crippen LogP contribution is 2.17. The number of aromatic nitrogens is 2. The van der Waals surface area contributed by atoms with Crippen LogP contribution in [0, 0.1) is 0 Å². The van der Waals surface area contributed by atoms with Crippen molar-refractivity contribution in [3.63, 3.8) is 0 Å². The minimum Gasteiger partial charge on any atom is -0.347 e. The fourth-order valence-corrected chi connectivity index (χ4v) is 1.99. The lowest BCUT2D eigenvalue weighted by molar-refractivity contribution is 0.0887. The van der Waals surface area contributed by atoms with Crippen molar-refractivity contribution in [2.75, 3.05) is 13.1 Å². The Morgan fingerprint density at radius 1 is 1.56 bits per heavy atom. The van der Waals surface area contributed by atoms with Gasteiger partial charge >= 0.3 is 0 Å². The van der Waals surface area contributed by atoms with E-state index in [2.05, 4.69) is 22.7 Å². The van der Waals surface area contributed by atoms with Gasteiger partial charge in [-0.15, -0.1) is 0 Å². The molecule has 1 amide bonds. The molecule has 1 aliphatic heterocycles. The van der Waals surface area contributed by atoms with Crippen LogP contribution in [0.3, 0.4) is 0 Å². The molecule has 2 N–H and O–H groups in total. The second kappa shape index (κ2) is 4.25. The van der Waals surface area contributed by atoms with Gasteiger partial charge in [-0.25, -0.2) is 0 Å². The van der Waals surface area contributed by atoms with Crippen molar-refractivity contribution in [1.29, 1.82) is 0 Å². The number of nitrogens with one attached hydrogen (secondary N) is 2. The number of piperidine rings is 1. The molecule has 0 aromatic carbocycles. The van der Waals surface area contributed by atoms with Gasteiger partial charge in [0, 0.05) is 18.8 Å². The fourth-order valence-electron chi connectivity index (χ4n) is 1.99. The van der Waals surface area contributed by atoms with E-state index < -0.39 is 0 Å². The van der Waals surface area contributed by atoms with Crippen LogP contribution in [-0.2, 0) is 7.05 Å². The molecule has 1 aromatic heterocycles. The molecule has 2 rings (SSSR count). The molecule has 1 aliphatic rings.